The van der Waals surface area contributed by atoms with Crippen LogP contribution in [0.15, 0.2) is 4.99 Å². The highest BCUT2D eigenvalue weighted by atomic mass is 16.5. The van der Waals surface area contributed by atoms with E-state index in [1.54, 1.807) is 0 Å². The average Bonchev–Trinajstić information content (AvgIpc) is 2.49. The zero-order valence-corrected chi connectivity index (χ0v) is 8.86. The van der Waals surface area contributed by atoms with Crippen molar-refractivity contribution in [3.63, 3.8) is 0 Å². The predicted octanol–water partition coefficient (Wildman–Crippen LogP) is 0.717. The molecule has 0 aromatic carbocycles. The maximum Gasteiger partial charge on any atom is 0.186 e. The van der Waals surface area contributed by atoms with Crippen LogP contribution >= 0.6 is 0 Å². The molecule has 0 aromatic rings. The number of ether oxygens (including phenoxy) is 1. The first kappa shape index (κ1) is 11.5. The molecule has 0 aliphatic carbocycles. The first-order valence-electron chi connectivity index (χ1n) is 5.10. The van der Waals surface area contributed by atoms with Crippen LogP contribution in [0.1, 0.15) is 33.1 Å². The zero-order valence-electron chi connectivity index (χ0n) is 8.86. The lowest BCUT2D eigenvalue weighted by molar-refractivity contribution is 0.152. The van der Waals surface area contributed by atoms with Crippen LogP contribution in [-0.4, -0.2) is 41.0 Å². The van der Waals surface area contributed by atoms with Gasteiger partial charge >= 0.3 is 0 Å². The molecule has 0 amide bonds. The maximum atomic E-state index is 9.53. The molecular weight excluding hydrogens is 182 g/mol. The van der Waals surface area contributed by atoms with Crippen molar-refractivity contribution in [1.29, 1.82) is 0 Å². The molecule has 4 heteroatoms. The Bertz CT molecular complexity index is 217. The average molecular weight is 201 g/mol. The Morgan fingerprint density at radius 2 is 2.36 bits per heavy atom. The molecule has 2 unspecified atom stereocenters. The van der Waals surface area contributed by atoms with Crippen molar-refractivity contribution in [1.82, 2.24) is 0 Å². The zero-order chi connectivity index (χ0) is 10.6. The molecule has 0 saturated heterocycles. The Kier molecular flexibility index (Phi) is 3.89. The van der Waals surface area contributed by atoms with Crippen molar-refractivity contribution in [3.05, 3.63) is 0 Å². The van der Waals surface area contributed by atoms with Gasteiger partial charge in [0.15, 0.2) is 5.90 Å². The van der Waals surface area contributed by atoms with Gasteiger partial charge in [0.1, 0.15) is 12.1 Å². The minimum absolute atomic E-state index is 0.0135. The minimum Gasteiger partial charge on any atom is -0.478 e. The number of aliphatic hydroxyl groups excluding tert-OH is 2. The van der Waals surface area contributed by atoms with Crippen molar-refractivity contribution in [2.45, 2.75) is 44.8 Å². The monoisotopic (exact) mass is 201 g/mol. The van der Waals surface area contributed by atoms with Gasteiger partial charge in [-0.15, -0.1) is 0 Å². The van der Waals surface area contributed by atoms with Crippen LogP contribution in [0.4, 0.5) is 0 Å². The van der Waals surface area contributed by atoms with Gasteiger partial charge in [-0.25, -0.2) is 4.99 Å². The van der Waals surface area contributed by atoms with Crippen molar-refractivity contribution >= 4 is 5.90 Å². The second kappa shape index (κ2) is 4.75. The molecule has 1 heterocycles. The fourth-order valence-electron chi connectivity index (χ4n) is 1.43. The smallest absolute Gasteiger partial charge is 0.186 e. The van der Waals surface area contributed by atoms with Crippen LogP contribution in [0.3, 0.4) is 0 Å². The second-order valence-electron chi connectivity index (χ2n) is 4.10. The fraction of sp³-hybridized carbons (Fsp3) is 0.900. The van der Waals surface area contributed by atoms with Crippen LogP contribution < -0.4 is 0 Å². The molecule has 0 fully saturated rings. The molecule has 4 nitrogen and oxygen atoms in total. The highest BCUT2D eigenvalue weighted by Gasteiger charge is 2.31. The van der Waals surface area contributed by atoms with E-state index in [1.165, 1.54) is 0 Å². The molecule has 0 aromatic heterocycles. The van der Waals surface area contributed by atoms with Crippen molar-refractivity contribution in [3.8, 4) is 0 Å². The van der Waals surface area contributed by atoms with E-state index in [1.807, 2.05) is 13.8 Å². The van der Waals surface area contributed by atoms with Crippen LogP contribution in [0, 0.1) is 0 Å². The first-order valence-corrected chi connectivity index (χ1v) is 5.10. The summed E-state index contributed by atoms with van der Waals surface area (Å²) in [6.07, 6.45) is 1.80. The standard InChI is InChI=1S/C10H19NO3/c1-3-4-8(13)5-9-11-10(2,6-12)7-14-9/h8,12-13H,3-7H2,1-2H3. The SMILES string of the molecule is CCCC(O)CC1=NC(C)(CO)CO1. The summed E-state index contributed by atoms with van der Waals surface area (Å²) in [6, 6.07) is 0. The number of aliphatic hydroxyl groups is 2. The molecule has 1 aliphatic heterocycles. The van der Waals surface area contributed by atoms with Crippen LogP contribution in [0.5, 0.6) is 0 Å². The van der Waals surface area contributed by atoms with E-state index in [0.717, 1.165) is 12.8 Å². The number of aliphatic imine (C=N–C) groups is 1. The Labute approximate surface area is 84.6 Å². The fourth-order valence-corrected chi connectivity index (χ4v) is 1.43. The van der Waals surface area contributed by atoms with Gasteiger partial charge in [0.05, 0.1) is 12.7 Å². The lowest BCUT2D eigenvalue weighted by Crippen LogP contribution is -2.28. The van der Waals surface area contributed by atoms with Gasteiger partial charge in [-0.3, -0.25) is 0 Å². The van der Waals surface area contributed by atoms with Crippen LogP contribution in [0.25, 0.3) is 0 Å². The van der Waals surface area contributed by atoms with Gasteiger partial charge in [-0.1, -0.05) is 13.3 Å². The van der Waals surface area contributed by atoms with E-state index in [4.69, 9.17) is 9.84 Å². The summed E-state index contributed by atoms with van der Waals surface area (Å²) in [5.41, 5.74) is -0.499. The van der Waals surface area contributed by atoms with E-state index in [-0.39, 0.29) is 12.7 Å². The molecule has 0 radical (unpaired) electrons. The summed E-state index contributed by atoms with van der Waals surface area (Å²) in [5.74, 6) is 0.572. The summed E-state index contributed by atoms with van der Waals surface area (Å²) in [7, 11) is 0. The van der Waals surface area contributed by atoms with Crippen molar-refractivity contribution < 1.29 is 14.9 Å². The van der Waals surface area contributed by atoms with Crippen molar-refractivity contribution in [2.24, 2.45) is 4.99 Å². The molecule has 0 bridgehead atoms. The van der Waals surface area contributed by atoms with E-state index in [2.05, 4.69) is 4.99 Å². The summed E-state index contributed by atoms with van der Waals surface area (Å²) in [5, 5.41) is 18.6. The molecule has 2 atom stereocenters. The maximum absolute atomic E-state index is 9.53. The molecular formula is C10H19NO3. The van der Waals surface area contributed by atoms with Gasteiger partial charge in [-0.05, 0) is 13.3 Å². The quantitative estimate of drug-likeness (QED) is 0.689. The summed E-state index contributed by atoms with van der Waals surface area (Å²) in [4.78, 5) is 4.25. The normalized spacial score (nSPS) is 28.4. The third-order valence-corrected chi connectivity index (χ3v) is 2.32. The Hall–Kier alpha value is -0.610. The molecule has 0 spiro atoms. The Morgan fingerprint density at radius 1 is 1.64 bits per heavy atom. The molecule has 0 saturated carbocycles. The number of rotatable bonds is 5. The summed E-state index contributed by atoms with van der Waals surface area (Å²) in [6.45, 7) is 4.27. The number of hydrogen-bond acceptors (Lipinski definition) is 4. The van der Waals surface area contributed by atoms with Crippen LogP contribution in [-0.2, 0) is 4.74 Å². The van der Waals surface area contributed by atoms with E-state index < -0.39 is 5.54 Å². The third kappa shape index (κ3) is 2.96. The van der Waals surface area contributed by atoms with E-state index in [9.17, 15) is 5.11 Å². The van der Waals surface area contributed by atoms with Gasteiger partial charge < -0.3 is 14.9 Å². The van der Waals surface area contributed by atoms with Gasteiger partial charge in [0.2, 0.25) is 0 Å². The second-order valence-corrected chi connectivity index (χ2v) is 4.10. The van der Waals surface area contributed by atoms with E-state index >= 15 is 0 Å². The van der Waals surface area contributed by atoms with Gasteiger partial charge in [0.25, 0.3) is 0 Å². The predicted molar refractivity (Wildman–Crippen MR) is 54.4 cm³/mol. The Morgan fingerprint density at radius 3 is 2.86 bits per heavy atom. The van der Waals surface area contributed by atoms with Crippen LogP contribution in [0.2, 0.25) is 0 Å². The summed E-state index contributed by atoms with van der Waals surface area (Å²) >= 11 is 0. The largest absolute Gasteiger partial charge is 0.478 e. The molecule has 14 heavy (non-hydrogen) atoms. The topological polar surface area (TPSA) is 62.1 Å². The molecule has 82 valence electrons. The number of nitrogens with zero attached hydrogens (tertiary/aromatic N) is 1. The highest BCUT2D eigenvalue weighted by Crippen LogP contribution is 2.19. The van der Waals surface area contributed by atoms with Gasteiger partial charge in [-0.2, -0.15) is 0 Å². The summed E-state index contributed by atoms with van der Waals surface area (Å²) < 4.78 is 5.31. The van der Waals surface area contributed by atoms with E-state index in [0.29, 0.717) is 18.9 Å². The van der Waals surface area contributed by atoms with Crippen molar-refractivity contribution in [2.75, 3.05) is 13.2 Å². The lowest BCUT2D eigenvalue weighted by atomic mass is 10.1. The third-order valence-electron chi connectivity index (χ3n) is 2.32. The molecule has 1 aliphatic rings. The molecule has 1 rings (SSSR count). The molecule has 2 N–H and O–H groups in total. The van der Waals surface area contributed by atoms with Gasteiger partial charge in [0, 0.05) is 6.42 Å². The lowest BCUT2D eigenvalue weighted by Gasteiger charge is -2.12. The Balaban J connectivity index is 2.43. The first-order chi connectivity index (χ1) is 6.59. The highest BCUT2D eigenvalue weighted by molar-refractivity contribution is 5.78. The number of hydrogen-bond donors (Lipinski definition) is 2. The minimum atomic E-state index is -0.499.